The number of hydrogen-bond acceptors (Lipinski definition) is 2. The summed E-state index contributed by atoms with van der Waals surface area (Å²) in [5.74, 6) is 1.37. The molecule has 3 rings (SSSR count). The lowest BCUT2D eigenvalue weighted by molar-refractivity contribution is -0.0266. The van der Waals surface area contributed by atoms with Gasteiger partial charge >= 0.3 is 0 Å². The Labute approximate surface area is 163 Å². The monoisotopic (exact) mass is 365 g/mol. The largest absolute Gasteiger partial charge is 0.373 e. The summed E-state index contributed by atoms with van der Waals surface area (Å²) in [6.45, 7) is 4.67. The van der Waals surface area contributed by atoms with Crippen LogP contribution in [0.15, 0.2) is 59.6 Å². The van der Waals surface area contributed by atoms with Gasteiger partial charge in [0.1, 0.15) is 0 Å². The Bertz CT molecular complexity index is 727. The normalized spacial score (nSPS) is 20.3. The quantitative estimate of drug-likeness (QED) is 0.638. The van der Waals surface area contributed by atoms with Gasteiger partial charge in [-0.25, -0.2) is 0 Å². The zero-order valence-corrected chi connectivity index (χ0v) is 16.7. The van der Waals surface area contributed by atoms with E-state index in [2.05, 4.69) is 77.7 Å². The minimum absolute atomic E-state index is 0.157. The highest BCUT2D eigenvalue weighted by molar-refractivity contribution is 5.79. The summed E-state index contributed by atoms with van der Waals surface area (Å²) >= 11 is 0. The van der Waals surface area contributed by atoms with Crippen LogP contribution in [0.1, 0.15) is 35.6 Å². The van der Waals surface area contributed by atoms with Crippen LogP contribution in [0.5, 0.6) is 0 Å². The van der Waals surface area contributed by atoms with Gasteiger partial charge in [0.2, 0.25) is 0 Å². The van der Waals surface area contributed by atoms with Crippen molar-refractivity contribution in [3.63, 3.8) is 0 Å². The van der Waals surface area contributed by atoms with Gasteiger partial charge < -0.3 is 15.0 Å². The number of hydrogen-bond donors (Lipinski definition) is 1. The first-order valence-corrected chi connectivity index (χ1v) is 9.81. The molecular formula is C23H31N3O. The van der Waals surface area contributed by atoms with Crippen molar-refractivity contribution in [1.82, 2.24) is 10.2 Å². The number of benzene rings is 2. The Morgan fingerprint density at radius 1 is 1.15 bits per heavy atom. The van der Waals surface area contributed by atoms with E-state index in [4.69, 9.17) is 4.74 Å². The molecule has 0 saturated carbocycles. The first-order valence-electron chi connectivity index (χ1n) is 9.81. The molecular weight excluding hydrogens is 334 g/mol. The second-order valence-corrected chi connectivity index (χ2v) is 7.37. The van der Waals surface area contributed by atoms with Crippen molar-refractivity contribution in [3.05, 3.63) is 71.3 Å². The van der Waals surface area contributed by atoms with Crippen LogP contribution >= 0.6 is 0 Å². The smallest absolute Gasteiger partial charge is 0.193 e. The zero-order valence-electron chi connectivity index (χ0n) is 16.7. The summed E-state index contributed by atoms with van der Waals surface area (Å²) in [6.07, 6.45) is 2.45. The second kappa shape index (κ2) is 9.56. The highest BCUT2D eigenvalue weighted by Gasteiger charge is 2.27. The third-order valence-corrected chi connectivity index (χ3v) is 5.21. The standard InChI is InChI=1S/C23H31N3O/c1-18-11-13-20(14-12-18)22-21(10-7-15-27-22)16-25-23(24-2)26(3)17-19-8-5-4-6-9-19/h4-6,8-9,11-14,21-22H,7,10,15-17H2,1-3H3,(H,24,25). The van der Waals surface area contributed by atoms with Crippen LogP contribution in [-0.4, -0.2) is 38.1 Å². The van der Waals surface area contributed by atoms with Crippen LogP contribution in [0.25, 0.3) is 0 Å². The second-order valence-electron chi connectivity index (χ2n) is 7.37. The molecule has 4 heteroatoms. The molecule has 2 aromatic carbocycles. The number of nitrogens with zero attached hydrogens (tertiary/aromatic N) is 2. The number of nitrogens with one attached hydrogen (secondary N) is 1. The predicted octanol–water partition coefficient (Wildman–Crippen LogP) is 4.17. The van der Waals surface area contributed by atoms with Gasteiger partial charge in [-0.1, -0.05) is 60.2 Å². The lowest BCUT2D eigenvalue weighted by atomic mass is 9.89. The lowest BCUT2D eigenvalue weighted by Gasteiger charge is -2.33. The van der Waals surface area contributed by atoms with Crippen molar-refractivity contribution in [2.45, 2.75) is 32.4 Å². The molecule has 27 heavy (non-hydrogen) atoms. The maximum absolute atomic E-state index is 6.15. The topological polar surface area (TPSA) is 36.9 Å². The van der Waals surface area contributed by atoms with Gasteiger partial charge in [-0.05, 0) is 30.9 Å². The van der Waals surface area contributed by atoms with Crippen LogP contribution in [0.4, 0.5) is 0 Å². The first kappa shape index (κ1) is 19.4. The van der Waals surface area contributed by atoms with E-state index in [1.807, 2.05) is 13.1 Å². The van der Waals surface area contributed by atoms with E-state index < -0.39 is 0 Å². The Balaban J connectivity index is 1.61. The van der Waals surface area contributed by atoms with Crippen molar-refractivity contribution in [2.24, 2.45) is 10.9 Å². The molecule has 2 atom stereocenters. The van der Waals surface area contributed by atoms with Gasteiger partial charge in [-0.15, -0.1) is 0 Å². The molecule has 0 aromatic heterocycles. The van der Waals surface area contributed by atoms with Crippen LogP contribution in [0.2, 0.25) is 0 Å². The Hall–Kier alpha value is -2.33. The average molecular weight is 366 g/mol. The summed E-state index contributed by atoms with van der Waals surface area (Å²) in [5.41, 5.74) is 3.84. The van der Waals surface area contributed by atoms with E-state index in [0.717, 1.165) is 32.1 Å². The SMILES string of the molecule is CN=C(NCC1CCCOC1c1ccc(C)cc1)N(C)Cc1ccccc1. The summed E-state index contributed by atoms with van der Waals surface area (Å²) < 4.78 is 6.15. The number of aryl methyl sites for hydroxylation is 1. The Kier molecular flexibility index (Phi) is 6.88. The van der Waals surface area contributed by atoms with E-state index in [9.17, 15) is 0 Å². The molecule has 0 bridgehead atoms. The number of aliphatic imine (C=N–C) groups is 1. The molecule has 2 unspecified atom stereocenters. The number of rotatable bonds is 5. The third kappa shape index (κ3) is 5.33. The predicted molar refractivity (Wildman–Crippen MR) is 112 cm³/mol. The van der Waals surface area contributed by atoms with Gasteiger partial charge in [0, 0.05) is 39.7 Å². The van der Waals surface area contributed by atoms with Crippen LogP contribution in [-0.2, 0) is 11.3 Å². The fourth-order valence-electron chi connectivity index (χ4n) is 3.72. The molecule has 1 aliphatic heterocycles. The van der Waals surface area contributed by atoms with Crippen molar-refractivity contribution in [1.29, 1.82) is 0 Å². The molecule has 1 fully saturated rings. The highest BCUT2D eigenvalue weighted by Crippen LogP contribution is 2.33. The molecule has 0 amide bonds. The molecule has 1 saturated heterocycles. The maximum atomic E-state index is 6.15. The Morgan fingerprint density at radius 3 is 2.59 bits per heavy atom. The fourth-order valence-corrected chi connectivity index (χ4v) is 3.72. The minimum Gasteiger partial charge on any atom is -0.373 e. The van der Waals surface area contributed by atoms with Gasteiger partial charge in [0.25, 0.3) is 0 Å². The number of guanidine groups is 1. The Morgan fingerprint density at radius 2 is 1.89 bits per heavy atom. The molecule has 0 radical (unpaired) electrons. The van der Waals surface area contributed by atoms with Crippen LogP contribution in [0, 0.1) is 12.8 Å². The van der Waals surface area contributed by atoms with Crippen molar-refractivity contribution < 1.29 is 4.74 Å². The average Bonchev–Trinajstić information content (AvgIpc) is 2.70. The lowest BCUT2D eigenvalue weighted by Crippen LogP contribution is -2.42. The van der Waals surface area contributed by atoms with Gasteiger partial charge in [-0.3, -0.25) is 4.99 Å². The molecule has 1 N–H and O–H groups in total. The molecule has 0 aliphatic carbocycles. The van der Waals surface area contributed by atoms with E-state index in [1.165, 1.54) is 23.1 Å². The van der Waals surface area contributed by atoms with Crippen molar-refractivity contribution in [3.8, 4) is 0 Å². The van der Waals surface area contributed by atoms with E-state index in [-0.39, 0.29) is 6.10 Å². The van der Waals surface area contributed by atoms with Crippen molar-refractivity contribution >= 4 is 5.96 Å². The van der Waals surface area contributed by atoms with E-state index in [1.54, 1.807) is 0 Å². The molecule has 1 heterocycles. The van der Waals surface area contributed by atoms with Gasteiger partial charge in [0.05, 0.1) is 6.10 Å². The highest BCUT2D eigenvalue weighted by atomic mass is 16.5. The van der Waals surface area contributed by atoms with E-state index >= 15 is 0 Å². The molecule has 1 aliphatic rings. The molecule has 2 aromatic rings. The molecule has 4 nitrogen and oxygen atoms in total. The summed E-state index contributed by atoms with van der Waals surface area (Å²) in [5, 5.41) is 3.57. The number of ether oxygens (including phenoxy) is 1. The maximum Gasteiger partial charge on any atom is 0.193 e. The van der Waals surface area contributed by atoms with Gasteiger partial charge in [-0.2, -0.15) is 0 Å². The fraction of sp³-hybridized carbons (Fsp3) is 0.435. The minimum atomic E-state index is 0.157. The summed E-state index contributed by atoms with van der Waals surface area (Å²) in [6, 6.07) is 19.2. The molecule has 0 spiro atoms. The zero-order chi connectivity index (χ0) is 19.1. The molecule has 144 valence electrons. The van der Waals surface area contributed by atoms with Crippen molar-refractivity contribution in [2.75, 3.05) is 27.2 Å². The van der Waals surface area contributed by atoms with Gasteiger partial charge in [0.15, 0.2) is 5.96 Å². The van der Waals surface area contributed by atoms with Crippen LogP contribution in [0.3, 0.4) is 0 Å². The van der Waals surface area contributed by atoms with Crippen LogP contribution < -0.4 is 5.32 Å². The third-order valence-electron chi connectivity index (χ3n) is 5.21. The first-order chi connectivity index (χ1) is 13.2. The summed E-state index contributed by atoms with van der Waals surface area (Å²) in [4.78, 5) is 6.64. The van der Waals surface area contributed by atoms with E-state index in [0.29, 0.717) is 5.92 Å². The summed E-state index contributed by atoms with van der Waals surface area (Å²) in [7, 11) is 3.93.